The molecule has 2 fully saturated rings. The van der Waals surface area contributed by atoms with E-state index in [1.807, 2.05) is 55.3 Å². The largest absolute Gasteiger partial charge is 0.465 e. The van der Waals surface area contributed by atoms with Crippen LogP contribution in [0.5, 0.6) is 0 Å². The van der Waals surface area contributed by atoms with E-state index in [1.54, 1.807) is 11.1 Å². The van der Waals surface area contributed by atoms with Crippen molar-refractivity contribution in [2.24, 2.45) is 11.7 Å². The molecule has 6 N–H and O–H groups in total. The predicted molar refractivity (Wildman–Crippen MR) is 215 cm³/mol. The number of carbonyl (C=O) groups excluding carboxylic acids is 2. The standard InChI is InChI=1S/C44H46N8O4/c1-26(2)39(50-44(55)56)43(54)52-21-7-11-37(52)41-47-25-35(49-41)33-19-18-31-22-30(16-17-32(31)23-33)27-12-14-28(15-13-27)34-24-46-40(48-34)36-10-6-20-51(36)42(53)38(45)29-8-4-3-5-9-29/h3-5,8-9,12-19,22-26,36-39,50H,6-7,10-11,20-21,45H2,1-2H3,(H,46,48)(H,47,49)(H,55,56). The number of benzene rings is 4. The van der Waals surface area contributed by atoms with Gasteiger partial charge >= 0.3 is 6.09 Å². The maximum atomic E-state index is 13.4. The Labute approximate surface area is 325 Å². The lowest BCUT2D eigenvalue weighted by Gasteiger charge is -2.29. The number of aromatic nitrogens is 4. The monoisotopic (exact) mass is 750 g/mol. The molecule has 286 valence electrons. The first-order chi connectivity index (χ1) is 27.1. The summed E-state index contributed by atoms with van der Waals surface area (Å²) in [7, 11) is 0. The van der Waals surface area contributed by atoms with Crippen molar-refractivity contribution in [2.45, 2.75) is 63.7 Å². The predicted octanol–water partition coefficient (Wildman–Crippen LogP) is 7.61. The molecule has 4 atom stereocenters. The highest BCUT2D eigenvalue weighted by molar-refractivity contribution is 5.91. The van der Waals surface area contributed by atoms with Gasteiger partial charge in [-0.2, -0.15) is 0 Å². The highest BCUT2D eigenvalue weighted by atomic mass is 16.4. The van der Waals surface area contributed by atoms with E-state index in [9.17, 15) is 19.5 Å². The normalized spacial score (nSPS) is 18.1. The zero-order valence-electron chi connectivity index (χ0n) is 31.5. The summed E-state index contributed by atoms with van der Waals surface area (Å²) in [6, 6.07) is 28.7. The second kappa shape index (κ2) is 15.5. The molecular weight excluding hydrogens is 705 g/mol. The smallest absolute Gasteiger partial charge is 0.405 e. The van der Waals surface area contributed by atoms with Crippen molar-refractivity contribution in [3.8, 4) is 33.6 Å². The fraction of sp³-hybridized carbons (Fsp3) is 0.295. The second-order valence-corrected chi connectivity index (χ2v) is 15.2. The molecule has 4 aromatic carbocycles. The van der Waals surface area contributed by atoms with Crippen molar-refractivity contribution in [3.63, 3.8) is 0 Å². The summed E-state index contributed by atoms with van der Waals surface area (Å²) in [5, 5.41) is 13.9. The van der Waals surface area contributed by atoms with Crippen molar-refractivity contribution >= 4 is 28.7 Å². The van der Waals surface area contributed by atoms with Crippen LogP contribution in [-0.2, 0) is 9.59 Å². The number of hydrogen-bond donors (Lipinski definition) is 5. The molecule has 2 saturated heterocycles. The van der Waals surface area contributed by atoms with E-state index in [-0.39, 0.29) is 29.8 Å². The number of aromatic amines is 2. The van der Waals surface area contributed by atoms with Gasteiger partial charge in [0, 0.05) is 18.7 Å². The summed E-state index contributed by atoms with van der Waals surface area (Å²) in [6.45, 7) is 4.89. The average Bonchev–Trinajstić information content (AvgIpc) is 4.06. The highest BCUT2D eigenvalue weighted by Gasteiger charge is 2.38. The first-order valence-electron chi connectivity index (χ1n) is 19.3. The quantitative estimate of drug-likeness (QED) is 0.0959. The molecule has 8 rings (SSSR count). The molecule has 0 aliphatic carbocycles. The molecule has 2 aliphatic rings. The summed E-state index contributed by atoms with van der Waals surface area (Å²) >= 11 is 0. The van der Waals surface area contributed by atoms with Gasteiger partial charge in [0.25, 0.3) is 0 Å². The van der Waals surface area contributed by atoms with Crippen molar-refractivity contribution in [1.82, 2.24) is 35.1 Å². The van der Waals surface area contributed by atoms with Gasteiger partial charge in [0.1, 0.15) is 23.7 Å². The number of likely N-dealkylation sites (tertiary alicyclic amines) is 2. The van der Waals surface area contributed by atoms with Gasteiger partial charge in [0.05, 0.1) is 35.9 Å². The molecule has 4 unspecified atom stereocenters. The van der Waals surface area contributed by atoms with Gasteiger partial charge in [-0.3, -0.25) is 9.59 Å². The maximum absolute atomic E-state index is 13.4. The van der Waals surface area contributed by atoms with Crippen molar-refractivity contribution in [3.05, 3.63) is 121 Å². The highest BCUT2D eigenvalue weighted by Crippen LogP contribution is 2.36. The molecule has 3 amide bonds. The lowest BCUT2D eigenvalue weighted by Crippen LogP contribution is -2.50. The third-order valence-corrected chi connectivity index (χ3v) is 11.2. The SMILES string of the molecule is CC(C)C(NC(=O)O)C(=O)N1CCCC1c1ncc(-c2ccc3cc(-c4ccc(-c5cnc(C6CCCN6C(=O)C(N)c6ccccc6)[nH]5)cc4)ccc3c2)[nH]1. The molecular formula is C44H46N8O4. The zero-order chi connectivity index (χ0) is 38.9. The summed E-state index contributed by atoms with van der Waals surface area (Å²) in [4.78, 5) is 58.1. The summed E-state index contributed by atoms with van der Waals surface area (Å²) in [5.74, 6) is 0.989. The molecule has 0 bridgehead atoms. The second-order valence-electron chi connectivity index (χ2n) is 15.2. The topological polar surface area (TPSA) is 173 Å². The van der Waals surface area contributed by atoms with Crippen LogP contribution in [0.2, 0.25) is 0 Å². The van der Waals surface area contributed by atoms with Gasteiger partial charge in [0.15, 0.2) is 0 Å². The van der Waals surface area contributed by atoms with E-state index in [0.717, 1.165) is 81.5 Å². The summed E-state index contributed by atoms with van der Waals surface area (Å²) in [6.07, 6.45) is 5.75. The number of carboxylic acid groups (broad SMARTS) is 1. The number of hydrogen-bond acceptors (Lipinski definition) is 6. The Hall–Kier alpha value is -6.27. The molecule has 12 nitrogen and oxygen atoms in total. The van der Waals surface area contributed by atoms with Crippen LogP contribution in [0, 0.1) is 5.92 Å². The van der Waals surface area contributed by atoms with Crippen LogP contribution in [-0.4, -0.2) is 71.9 Å². The molecule has 12 heteroatoms. The Morgan fingerprint density at radius 3 is 1.82 bits per heavy atom. The van der Waals surface area contributed by atoms with Gasteiger partial charge in [-0.1, -0.05) is 92.7 Å². The van der Waals surface area contributed by atoms with Crippen LogP contribution in [0.1, 0.15) is 74.9 Å². The molecule has 4 heterocycles. The lowest BCUT2D eigenvalue weighted by atomic mass is 9.98. The molecule has 2 aromatic heterocycles. The van der Waals surface area contributed by atoms with Crippen molar-refractivity contribution < 1.29 is 19.5 Å². The van der Waals surface area contributed by atoms with Crippen LogP contribution in [0.4, 0.5) is 4.79 Å². The first-order valence-corrected chi connectivity index (χ1v) is 19.3. The van der Waals surface area contributed by atoms with Gasteiger partial charge in [-0.05, 0) is 76.8 Å². The van der Waals surface area contributed by atoms with Crippen LogP contribution >= 0.6 is 0 Å². The number of nitrogens with two attached hydrogens (primary N) is 1. The van der Waals surface area contributed by atoms with E-state index in [4.69, 9.17) is 10.7 Å². The fourth-order valence-electron chi connectivity index (χ4n) is 8.18. The number of imidazole rings is 2. The third kappa shape index (κ3) is 7.27. The number of carbonyl (C=O) groups is 3. The number of fused-ring (bicyclic) bond motifs is 1. The third-order valence-electron chi connectivity index (χ3n) is 11.2. The van der Waals surface area contributed by atoms with Gasteiger partial charge in [-0.25, -0.2) is 14.8 Å². The van der Waals surface area contributed by atoms with Crippen LogP contribution in [0.3, 0.4) is 0 Å². The van der Waals surface area contributed by atoms with Gasteiger partial charge < -0.3 is 35.9 Å². The van der Waals surface area contributed by atoms with Crippen molar-refractivity contribution in [2.75, 3.05) is 13.1 Å². The Balaban J connectivity index is 0.944. The Morgan fingerprint density at radius 2 is 1.23 bits per heavy atom. The van der Waals surface area contributed by atoms with E-state index in [2.05, 4.69) is 80.9 Å². The van der Waals surface area contributed by atoms with E-state index < -0.39 is 18.2 Å². The summed E-state index contributed by atoms with van der Waals surface area (Å²) in [5.41, 5.74) is 13.1. The van der Waals surface area contributed by atoms with Crippen LogP contribution in [0.15, 0.2) is 103 Å². The number of H-pyrrole nitrogens is 2. The first kappa shape index (κ1) is 36.7. The molecule has 6 aromatic rings. The van der Waals surface area contributed by atoms with Gasteiger partial charge in [0.2, 0.25) is 11.8 Å². The maximum Gasteiger partial charge on any atom is 0.405 e. The Kier molecular flexibility index (Phi) is 10.1. The van der Waals surface area contributed by atoms with Crippen molar-refractivity contribution in [1.29, 1.82) is 0 Å². The molecule has 0 spiro atoms. The van der Waals surface area contributed by atoms with Crippen LogP contribution in [0.25, 0.3) is 44.4 Å². The lowest BCUT2D eigenvalue weighted by molar-refractivity contribution is -0.135. The number of nitrogens with one attached hydrogen (secondary N) is 3. The fourth-order valence-corrected chi connectivity index (χ4v) is 8.18. The zero-order valence-corrected chi connectivity index (χ0v) is 31.5. The minimum atomic E-state index is -1.21. The van der Waals surface area contributed by atoms with Gasteiger partial charge in [-0.15, -0.1) is 0 Å². The molecule has 2 aliphatic heterocycles. The van der Waals surface area contributed by atoms with E-state index in [1.165, 1.54) is 0 Å². The molecule has 0 radical (unpaired) electrons. The number of amides is 3. The minimum absolute atomic E-state index is 0.0848. The number of rotatable bonds is 10. The molecule has 56 heavy (non-hydrogen) atoms. The van der Waals surface area contributed by atoms with Crippen LogP contribution < -0.4 is 11.1 Å². The van der Waals surface area contributed by atoms with E-state index >= 15 is 0 Å². The molecule has 0 saturated carbocycles. The Morgan fingerprint density at radius 1 is 0.714 bits per heavy atom. The minimum Gasteiger partial charge on any atom is -0.465 e. The number of nitrogens with zero attached hydrogens (tertiary/aromatic N) is 4. The van der Waals surface area contributed by atoms with E-state index in [0.29, 0.717) is 18.9 Å². The average molecular weight is 751 g/mol. The Bertz CT molecular complexity index is 2370. The summed E-state index contributed by atoms with van der Waals surface area (Å²) < 4.78 is 0.